The first-order valence-electron chi connectivity index (χ1n) is 9.35. The van der Waals surface area contributed by atoms with E-state index in [-0.39, 0.29) is 30.0 Å². The van der Waals surface area contributed by atoms with Crippen LogP contribution in [0.4, 0.5) is 13.2 Å². The van der Waals surface area contributed by atoms with E-state index in [0.29, 0.717) is 25.4 Å². The molecule has 0 amide bonds. The summed E-state index contributed by atoms with van der Waals surface area (Å²) in [6.45, 7) is 1.39. The fraction of sp³-hybridized carbons (Fsp3) is 0.429. The van der Waals surface area contributed by atoms with Gasteiger partial charge in [0, 0.05) is 19.6 Å². The van der Waals surface area contributed by atoms with Gasteiger partial charge in [0.1, 0.15) is 18.5 Å². The van der Waals surface area contributed by atoms with Crippen molar-refractivity contribution in [1.29, 1.82) is 0 Å². The van der Waals surface area contributed by atoms with E-state index in [9.17, 15) is 23.4 Å². The van der Waals surface area contributed by atoms with Gasteiger partial charge in [0.25, 0.3) is 0 Å². The molecule has 1 saturated heterocycles. The molecule has 0 radical (unpaired) electrons. The number of benzene rings is 2. The van der Waals surface area contributed by atoms with Crippen LogP contribution < -0.4 is 4.74 Å². The number of ether oxygens (including phenoxy) is 1. The Balaban J connectivity index is 1.55. The van der Waals surface area contributed by atoms with Gasteiger partial charge in [-0.3, -0.25) is 0 Å². The second kappa shape index (κ2) is 8.92. The van der Waals surface area contributed by atoms with Gasteiger partial charge in [0.15, 0.2) is 0 Å². The summed E-state index contributed by atoms with van der Waals surface area (Å²) in [6.07, 6.45) is -4.77. The highest BCUT2D eigenvalue weighted by molar-refractivity contribution is 6.31. The zero-order valence-electron chi connectivity index (χ0n) is 15.7. The fourth-order valence-corrected chi connectivity index (χ4v) is 3.71. The zero-order valence-corrected chi connectivity index (χ0v) is 16.5. The minimum absolute atomic E-state index is 0.136. The van der Waals surface area contributed by atoms with Gasteiger partial charge in [-0.1, -0.05) is 35.9 Å². The summed E-state index contributed by atoms with van der Waals surface area (Å²) in [6, 6.07) is 12.7. The molecule has 1 fully saturated rings. The van der Waals surface area contributed by atoms with Gasteiger partial charge in [0.2, 0.25) is 0 Å². The van der Waals surface area contributed by atoms with Gasteiger partial charge in [0.05, 0.1) is 16.2 Å². The summed E-state index contributed by atoms with van der Waals surface area (Å²) in [4.78, 5) is 1.97. The minimum Gasteiger partial charge on any atom is -0.491 e. The predicted octanol–water partition coefficient (Wildman–Crippen LogP) is 4.08. The van der Waals surface area contributed by atoms with Crippen molar-refractivity contribution in [1.82, 2.24) is 4.90 Å². The quantitative estimate of drug-likeness (QED) is 0.726. The van der Waals surface area contributed by atoms with Gasteiger partial charge in [-0.2, -0.15) is 13.2 Å². The molecule has 158 valence electrons. The molecule has 2 N–H and O–H groups in total. The maximum atomic E-state index is 13.1. The Morgan fingerprint density at radius 2 is 1.76 bits per heavy atom. The molecule has 1 atom stereocenters. The Bertz CT molecular complexity index is 809. The second-order valence-electron chi connectivity index (χ2n) is 7.30. The number of β-amino-alcohol motifs (C(OH)–C–C–N with tert-alkyl or cyclic N) is 1. The van der Waals surface area contributed by atoms with Crippen molar-refractivity contribution in [2.24, 2.45) is 0 Å². The second-order valence-corrected chi connectivity index (χ2v) is 7.71. The lowest BCUT2D eigenvalue weighted by Gasteiger charge is -2.39. The van der Waals surface area contributed by atoms with Crippen LogP contribution in [0.25, 0.3) is 0 Å². The largest absolute Gasteiger partial charge is 0.491 e. The lowest BCUT2D eigenvalue weighted by Crippen LogP contribution is -2.46. The number of aliphatic hydroxyl groups is 2. The summed E-state index contributed by atoms with van der Waals surface area (Å²) in [5.41, 5.74) is -2.09. The number of hydrogen-bond acceptors (Lipinski definition) is 4. The van der Waals surface area contributed by atoms with Crippen LogP contribution in [0.1, 0.15) is 24.0 Å². The van der Waals surface area contributed by atoms with E-state index in [1.165, 1.54) is 12.1 Å². The first-order valence-corrected chi connectivity index (χ1v) is 9.73. The molecule has 0 aliphatic carbocycles. The smallest absolute Gasteiger partial charge is 0.417 e. The van der Waals surface area contributed by atoms with Crippen LogP contribution in [0.3, 0.4) is 0 Å². The maximum Gasteiger partial charge on any atom is 0.417 e. The van der Waals surface area contributed by atoms with E-state index in [4.69, 9.17) is 16.3 Å². The predicted molar refractivity (Wildman–Crippen MR) is 104 cm³/mol. The van der Waals surface area contributed by atoms with Crippen LogP contribution in [0.15, 0.2) is 48.5 Å². The van der Waals surface area contributed by atoms with Gasteiger partial charge < -0.3 is 19.8 Å². The molecule has 1 heterocycles. The average Bonchev–Trinajstić information content (AvgIpc) is 2.68. The molecule has 1 aliphatic heterocycles. The standard InChI is InChI=1S/C21H23ClF3NO3/c22-19-7-6-15(12-18(19)21(23,24)25)20(28)8-10-26(11-9-20)13-16(27)14-29-17-4-2-1-3-5-17/h1-7,12,16,27-28H,8-11,13-14H2/t16-/m1/s1. The molecular weight excluding hydrogens is 407 g/mol. The summed E-state index contributed by atoms with van der Waals surface area (Å²) in [7, 11) is 0. The normalized spacial score (nSPS) is 18.4. The third-order valence-corrected chi connectivity index (χ3v) is 5.48. The van der Waals surface area contributed by atoms with Gasteiger partial charge in [-0.05, 0) is 42.7 Å². The highest BCUT2D eigenvalue weighted by Crippen LogP contribution is 2.39. The number of likely N-dealkylation sites (tertiary alicyclic amines) is 1. The van der Waals surface area contributed by atoms with Gasteiger partial charge in [-0.15, -0.1) is 0 Å². The molecule has 0 bridgehead atoms. The van der Waals surface area contributed by atoms with Crippen molar-refractivity contribution in [2.45, 2.75) is 30.7 Å². The van der Waals surface area contributed by atoms with E-state index in [1.807, 2.05) is 23.1 Å². The van der Waals surface area contributed by atoms with Crippen molar-refractivity contribution in [3.8, 4) is 5.75 Å². The monoisotopic (exact) mass is 429 g/mol. The highest BCUT2D eigenvalue weighted by Gasteiger charge is 2.38. The first kappa shape index (κ1) is 21.9. The Hall–Kier alpha value is -1.80. The van der Waals surface area contributed by atoms with Gasteiger partial charge >= 0.3 is 6.18 Å². The molecule has 0 unspecified atom stereocenters. The molecule has 0 saturated carbocycles. The third kappa shape index (κ3) is 5.63. The van der Waals surface area contributed by atoms with E-state index < -0.39 is 23.4 Å². The van der Waals surface area contributed by atoms with E-state index in [1.54, 1.807) is 12.1 Å². The Morgan fingerprint density at radius 3 is 2.38 bits per heavy atom. The third-order valence-electron chi connectivity index (χ3n) is 5.15. The maximum absolute atomic E-state index is 13.1. The fourth-order valence-electron chi connectivity index (χ4n) is 3.49. The van der Waals surface area contributed by atoms with Crippen LogP contribution >= 0.6 is 11.6 Å². The summed E-state index contributed by atoms with van der Waals surface area (Å²) in [5, 5.41) is 20.7. The van der Waals surface area contributed by atoms with Gasteiger partial charge in [-0.25, -0.2) is 0 Å². The molecule has 2 aromatic carbocycles. The molecule has 3 rings (SSSR count). The molecular formula is C21H23ClF3NO3. The van der Waals surface area contributed by atoms with Crippen molar-refractivity contribution in [3.63, 3.8) is 0 Å². The Morgan fingerprint density at radius 1 is 1.10 bits per heavy atom. The van der Waals surface area contributed by atoms with E-state index in [2.05, 4.69) is 0 Å². The highest BCUT2D eigenvalue weighted by atomic mass is 35.5. The molecule has 0 spiro atoms. The molecule has 4 nitrogen and oxygen atoms in total. The van der Waals surface area contributed by atoms with E-state index in [0.717, 1.165) is 6.07 Å². The van der Waals surface area contributed by atoms with Crippen LogP contribution in [-0.4, -0.2) is 47.5 Å². The van der Waals surface area contributed by atoms with Crippen LogP contribution in [-0.2, 0) is 11.8 Å². The Kier molecular flexibility index (Phi) is 6.73. The minimum atomic E-state index is -4.58. The summed E-state index contributed by atoms with van der Waals surface area (Å²) >= 11 is 5.67. The van der Waals surface area contributed by atoms with Crippen molar-refractivity contribution in [2.75, 3.05) is 26.2 Å². The molecule has 1 aliphatic rings. The number of alkyl halides is 3. The van der Waals surface area contributed by atoms with Crippen LogP contribution in [0.2, 0.25) is 5.02 Å². The first-order chi connectivity index (χ1) is 13.7. The van der Waals surface area contributed by atoms with Crippen LogP contribution in [0, 0.1) is 0 Å². The number of nitrogens with zero attached hydrogens (tertiary/aromatic N) is 1. The Labute approximate surface area is 172 Å². The SMILES string of the molecule is O[C@@H](COc1ccccc1)CN1CCC(O)(c2ccc(Cl)c(C(F)(F)F)c2)CC1. The number of hydrogen-bond donors (Lipinski definition) is 2. The summed E-state index contributed by atoms with van der Waals surface area (Å²) in [5.74, 6) is 0.669. The molecule has 29 heavy (non-hydrogen) atoms. The van der Waals surface area contributed by atoms with Crippen molar-refractivity contribution < 1.29 is 28.1 Å². The zero-order chi connectivity index (χ0) is 21.1. The molecule has 2 aromatic rings. The summed E-state index contributed by atoms with van der Waals surface area (Å²) < 4.78 is 44.9. The lowest BCUT2D eigenvalue weighted by molar-refractivity contribution is -0.137. The number of para-hydroxylation sites is 1. The van der Waals surface area contributed by atoms with E-state index >= 15 is 0 Å². The van der Waals surface area contributed by atoms with Crippen LogP contribution in [0.5, 0.6) is 5.75 Å². The number of aliphatic hydroxyl groups excluding tert-OH is 1. The van der Waals surface area contributed by atoms with Crippen molar-refractivity contribution >= 4 is 11.6 Å². The number of piperidine rings is 1. The topological polar surface area (TPSA) is 52.9 Å². The molecule has 8 heteroatoms. The average molecular weight is 430 g/mol. The number of rotatable bonds is 6. The molecule has 0 aromatic heterocycles. The number of halogens is 4. The lowest BCUT2D eigenvalue weighted by atomic mass is 9.83. The van der Waals surface area contributed by atoms with Crippen molar-refractivity contribution in [3.05, 3.63) is 64.7 Å².